The molecule has 1 nitrogen and oxygen atoms in total. The van der Waals surface area contributed by atoms with Crippen molar-refractivity contribution in [3.05, 3.63) is 35.4 Å². The van der Waals surface area contributed by atoms with Crippen LogP contribution in [0.2, 0.25) is 0 Å². The van der Waals surface area contributed by atoms with Gasteiger partial charge in [-0.15, -0.1) is 0 Å². The van der Waals surface area contributed by atoms with Gasteiger partial charge in [-0.1, -0.05) is 70.2 Å². The number of unbranched alkanes of at least 4 members (excludes halogenated alkanes) is 4. The van der Waals surface area contributed by atoms with E-state index in [1.165, 1.54) is 64.6 Å². The lowest BCUT2D eigenvalue weighted by Gasteiger charge is -2.35. The van der Waals surface area contributed by atoms with Gasteiger partial charge in [-0.2, -0.15) is 0 Å². The molecule has 0 N–H and O–H groups in total. The lowest BCUT2D eigenvalue weighted by atomic mass is 9.86. The summed E-state index contributed by atoms with van der Waals surface area (Å²) in [6.07, 6.45) is 9.56. The third-order valence-electron chi connectivity index (χ3n) is 4.60. The van der Waals surface area contributed by atoms with Gasteiger partial charge in [0, 0.05) is 13.1 Å². The molecule has 1 heterocycles. The Balaban J connectivity index is 1.97. The Morgan fingerprint density at radius 3 is 2.60 bits per heavy atom. The quantitative estimate of drug-likeness (QED) is 0.577. The van der Waals surface area contributed by atoms with Crippen molar-refractivity contribution in [2.45, 2.75) is 71.3 Å². The molecule has 0 fully saturated rings. The molecule has 0 radical (unpaired) electrons. The number of fused-ring (bicyclic) bond motifs is 1. The van der Waals surface area contributed by atoms with Gasteiger partial charge in [-0.3, -0.25) is 4.90 Å². The van der Waals surface area contributed by atoms with Crippen LogP contribution in [0.1, 0.15) is 75.8 Å². The molecule has 0 amide bonds. The van der Waals surface area contributed by atoms with E-state index in [2.05, 4.69) is 43.0 Å². The fourth-order valence-electron chi connectivity index (χ4n) is 3.41. The minimum absolute atomic E-state index is 0.772. The van der Waals surface area contributed by atoms with Crippen LogP contribution < -0.4 is 0 Å². The van der Waals surface area contributed by atoms with Crippen LogP contribution in [0.4, 0.5) is 0 Å². The second kappa shape index (κ2) is 8.46. The summed E-state index contributed by atoms with van der Waals surface area (Å²) in [6, 6.07) is 9.14. The highest BCUT2D eigenvalue weighted by Gasteiger charge is 2.23. The van der Waals surface area contributed by atoms with E-state index in [1.807, 2.05) is 0 Å². The van der Waals surface area contributed by atoms with Crippen LogP contribution >= 0.6 is 0 Å². The zero-order chi connectivity index (χ0) is 14.2. The predicted molar refractivity (Wildman–Crippen MR) is 88.1 cm³/mol. The van der Waals surface area contributed by atoms with E-state index < -0.39 is 0 Å². The summed E-state index contributed by atoms with van der Waals surface area (Å²) in [6.45, 7) is 8.31. The minimum Gasteiger partial charge on any atom is -0.298 e. The summed E-state index contributed by atoms with van der Waals surface area (Å²) in [5, 5.41) is 0. The number of hydrogen-bond donors (Lipinski definition) is 0. The van der Waals surface area contributed by atoms with E-state index in [0.29, 0.717) is 0 Å². The molecule has 1 heteroatoms. The van der Waals surface area contributed by atoms with Gasteiger partial charge in [-0.25, -0.2) is 0 Å². The predicted octanol–water partition coefficient (Wildman–Crippen LogP) is 5.36. The molecule has 112 valence electrons. The van der Waals surface area contributed by atoms with Crippen LogP contribution in [0.25, 0.3) is 0 Å². The zero-order valence-corrected chi connectivity index (χ0v) is 13.4. The lowest BCUT2D eigenvalue weighted by molar-refractivity contribution is 0.220. The van der Waals surface area contributed by atoms with Crippen molar-refractivity contribution < 1.29 is 0 Å². The van der Waals surface area contributed by atoms with Crippen LogP contribution in [0, 0.1) is 0 Å². The van der Waals surface area contributed by atoms with Gasteiger partial charge in [0.15, 0.2) is 0 Å². The van der Waals surface area contributed by atoms with Crippen molar-refractivity contribution in [2.24, 2.45) is 0 Å². The summed E-state index contributed by atoms with van der Waals surface area (Å²) in [4.78, 5) is 2.68. The number of rotatable bonds is 8. The van der Waals surface area contributed by atoms with Gasteiger partial charge in [0.25, 0.3) is 0 Å². The smallest absolute Gasteiger partial charge is 0.0236 e. The molecule has 0 bridgehead atoms. The second-order valence-electron chi connectivity index (χ2n) is 6.33. The van der Waals surface area contributed by atoms with Crippen LogP contribution in [0.5, 0.6) is 0 Å². The highest BCUT2D eigenvalue weighted by Crippen LogP contribution is 2.32. The number of benzene rings is 1. The monoisotopic (exact) mass is 273 g/mol. The lowest BCUT2D eigenvalue weighted by Crippen LogP contribution is -2.34. The fourth-order valence-corrected chi connectivity index (χ4v) is 3.41. The highest BCUT2D eigenvalue weighted by molar-refractivity contribution is 5.32. The first-order valence-electron chi connectivity index (χ1n) is 8.65. The topological polar surface area (TPSA) is 3.24 Å². The second-order valence-corrected chi connectivity index (χ2v) is 6.33. The first kappa shape index (κ1) is 15.6. The molecule has 1 aliphatic heterocycles. The van der Waals surface area contributed by atoms with E-state index in [9.17, 15) is 0 Å². The summed E-state index contributed by atoms with van der Waals surface area (Å²) in [5.41, 5.74) is 3.21. The molecule has 1 aromatic rings. The Labute approximate surface area is 125 Å². The largest absolute Gasteiger partial charge is 0.298 e. The first-order valence-corrected chi connectivity index (χ1v) is 8.65. The first-order chi connectivity index (χ1) is 9.85. The molecule has 0 saturated carbocycles. The Bertz CT molecular complexity index is 385. The van der Waals surface area contributed by atoms with E-state index >= 15 is 0 Å². The van der Waals surface area contributed by atoms with Crippen LogP contribution in [-0.2, 0) is 6.54 Å². The maximum atomic E-state index is 2.68. The van der Waals surface area contributed by atoms with Gasteiger partial charge in [0.2, 0.25) is 0 Å². The summed E-state index contributed by atoms with van der Waals surface area (Å²) in [7, 11) is 0. The van der Waals surface area contributed by atoms with Crippen molar-refractivity contribution in [1.29, 1.82) is 0 Å². The van der Waals surface area contributed by atoms with E-state index in [0.717, 1.165) is 5.92 Å². The third kappa shape index (κ3) is 4.34. The van der Waals surface area contributed by atoms with Crippen molar-refractivity contribution in [1.82, 2.24) is 4.90 Å². The Hall–Kier alpha value is -0.820. The summed E-state index contributed by atoms with van der Waals surface area (Å²) in [5.74, 6) is 0.772. The van der Waals surface area contributed by atoms with Crippen molar-refractivity contribution in [3.8, 4) is 0 Å². The average Bonchev–Trinajstić information content (AvgIpc) is 2.49. The van der Waals surface area contributed by atoms with Crippen LogP contribution in [-0.4, -0.2) is 18.0 Å². The molecule has 1 unspecified atom stereocenters. The highest BCUT2D eigenvalue weighted by atomic mass is 15.1. The fraction of sp³-hybridized carbons (Fsp3) is 0.684. The van der Waals surface area contributed by atoms with E-state index in [4.69, 9.17) is 0 Å². The van der Waals surface area contributed by atoms with Crippen LogP contribution in [0.3, 0.4) is 0 Å². The molecule has 0 aromatic heterocycles. The molecular formula is C19H31N. The van der Waals surface area contributed by atoms with Gasteiger partial charge in [0.05, 0.1) is 0 Å². The van der Waals surface area contributed by atoms with E-state index in [1.54, 1.807) is 11.1 Å². The number of nitrogens with zero attached hydrogens (tertiary/aromatic N) is 1. The molecule has 0 aliphatic carbocycles. The molecule has 0 spiro atoms. The summed E-state index contributed by atoms with van der Waals surface area (Å²) >= 11 is 0. The van der Waals surface area contributed by atoms with Gasteiger partial charge in [0.1, 0.15) is 0 Å². The summed E-state index contributed by atoms with van der Waals surface area (Å²) < 4.78 is 0. The molecule has 2 rings (SSSR count). The zero-order valence-electron chi connectivity index (χ0n) is 13.4. The normalized spacial score (nSPS) is 19.0. The third-order valence-corrected chi connectivity index (χ3v) is 4.60. The SMILES string of the molecule is CCCCCCC1CN(CCCC)Cc2ccccc21. The maximum Gasteiger partial charge on any atom is 0.0236 e. The molecular weight excluding hydrogens is 242 g/mol. The van der Waals surface area contributed by atoms with Crippen LogP contribution in [0.15, 0.2) is 24.3 Å². The molecule has 1 atom stereocenters. The Morgan fingerprint density at radius 2 is 1.80 bits per heavy atom. The molecule has 1 aliphatic rings. The molecule has 0 saturated heterocycles. The van der Waals surface area contributed by atoms with Crippen molar-refractivity contribution in [3.63, 3.8) is 0 Å². The Morgan fingerprint density at radius 1 is 1.00 bits per heavy atom. The maximum absolute atomic E-state index is 2.68. The molecule has 1 aromatic carbocycles. The standard InChI is InChI=1S/C19H31N/c1-3-5-7-8-11-17-15-20(14-6-4-2)16-18-12-9-10-13-19(17)18/h9-10,12-13,17H,3-8,11,14-16H2,1-2H3. The van der Waals surface area contributed by atoms with E-state index in [-0.39, 0.29) is 0 Å². The average molecular weight is 273 g/mol. The van der Waals surface area contributed by atoms with Gasteiger partial charge in [-0.05, 0) is 36.4 Å². The van der Waals surface area contributed by atoms with Crippen molar-refractivity contribution in [2.75, 3.05) is 13.1 Å². The minimum atomic E-state index is 0.772. The molecule has 20 heavy (non-hydrogen) atoms. The van der Waals surface area contributed by atoms with Gasteiger partial charge >= 0.3 is 0 Å². The Kier molecular flexibility index (Phi) is 6.59. The number of hydrogen-bond acceptors (Lipinski definition) is 1. The van der Waals surface area contributed by atoms with Crippen molar-refractivity contribution >= 4 is 0 Å². The van der Waals surface area contributed by atoms with Gasteiger partial charge < -0.3 is 0 Å².